The average molecular weight is 1360 g/mol. The van der Waals surface area contributed by atoms with Crippen LogP contribution in [0.25, 0.3) is 0 Å². The molecule has 0 bridgehead atoms. The fourth-order valence-electron chi connectivity index (χ4n) is 11.7. The van der Waals surface area contributed by atoms with Gasteiger partial charge in [-0.15, -0.1) is 23.5 Å². The van der Waals surface area contributed by atoms with Gasteiger partial charge in [0.05, 0.1) is 53.1 Å². The second-order valence-electron chi connectivity index (χ2n) is 23.3. The lowest BCUT2D eigenvalue weighted by Crippen LogP contribution is -2.52. The molecular formula is C66H71Cl4N7O12S2. The highest BCUT2D eigenvalue weighted by molar-refractivity contribution is 7.99. The first-order valence-electron chi connectivity index (χ1n) is 30.2. The van der Waals surface area contributed by atoms with Crippen LogP contribution < -0.4 is 34.4 Å². The molecule has 0 radical (unpaired) electrons. The van der Waals surface area contributed by atoms with Crippen LogP contribution in [0.15, 0.2) is 121 Å². The predicted octanol–water partition coefficient (Wildman–Crippen LogP) is 8.79. The summed E-state index contributed by atoms with van der Waals surface area (Å²) in [7, 11) is 0. The minimum atomic E-state index is -1.78. The van der Waals surface area contributed by atoms with Gasteiger partial charge in [0.25, 0.3) is 5.91 Å². The zero-order chi connectivity index (χ0) is 64.0. The molecule has 4 heterocycles. The number of aliphatic hydroxyl groups is 5. The van der Waals surface area contributed by atoms with Gasteiger partial charge in [0.15, 0.2) is 0 Å². The fraction of sp³-hybridized carbons (Fsp3) is 0.394. The van der Waals surface area contributed by atoms with E-state index in [0.717, 1.165) is 64.2 Å². The van der Waals surface area contributed by atoms with E-state index in [2.05, 4.69) is 49.2 Å². The number of ether oxygens (including phenoxy) is 2. The van der Waals surface area contributed by atoms with Crippen molar-refractivity contribution in [2.24, 2.45) is 0 Å². The molecule has 6 aliphatic rings. The van der Waals surface area contributed by atoms with Crippen molar-refractivity contribution in [3.05, 3.63) is 175 Å². The largest absolute Gasteiger partial charge is 0.489 e. The van der Waals surface area contributed by atoms with Crippen LogP contribution in [0.2, 0.25) is 20.1 Å². The normalized spacial score (nSPS) is 19.6. The van der Waals surface area contributed by atoms with Gasteiger partial charge in [-0.3, -0.25) is 24.2 Å². The Morgan fingerprint density at radius 1 is 0.527 bits per heavy atom. The van der Waals surface area contributed by atoms with Gasteiger partial charge >= 0.3 is 5.97 Å². The molecule has 19 nitrogen and oxygen atoms in total. The van der Waals surface area contributed by atoms with Crippen molar-refractivity contribution in [2.75, 3.05) is 82.2 Å². The molecule has 0 aromatic heterocycles. The van der Waals surface area contributed by atoms with Gasteiger partial charge < -0.3 is 65.0 Å². The number of carboxylic acids is 1. The smallest absolute Gasteiger partial charge is 0.335 e. The van der Waals surface area contributed by atoms with Crippen LogP contribution in [0.1, 0.15) is 68.7 Å². The lowest BCUT2D eigenvalue weighted by atomic mass is 10.0. The van der Waals surface area contributed by atoms with Crippen molar-refractivity contribution in [3.8, 4) is 11.5 Å². The number of carbonyl (C=O) groups is 4. The number of benzene rings is 6. The summed E-state index contributed by atoms with van der Waals surface area (Å²) in [5.74, 6) is 2.59. The zero-order valence-corrected chi connectivity index (χ0v) is 54.2. The van der Waals surface area contributed by atoms with Crippen molar-refractivity contribution in [2.45, 2.75) is 101 Å². The molecule has 4 aliphatic heterocycles. The van der Waals surface area contributed by atoms with E-state index >= 15 is 0 Å². The van der Waals surface area contributed by atoms with Gasteiger partial charge in [0.1, 0.15) is 43.0 Å². The number of aliphatic hydroxyl groups excluding tert-OH is 5. The first-order valence-corrected chi connectivity index (χ1v) is 34.0. The summed E-state index contributed by atoms with van der Waals surface area (Å²) < 4.78 is 11.7. The number of aromatic carboxylic acids is 1. The van der Waals surface area contributed by atoms with Gasteiger partial charge in [0.2, 0.25) is 11.8 Å². The number of hydrogen-bond acceptors (Lipinski definition) is 17. The van der Waals surface area contributed by atoms with Gasteiger partial charge in [-0.05, 0) is 134 Å². The van der Waals surface area contributed by atoms with Crippen LogP contribution in [0.3, 0.4) is 0 Å². The number of nitrogens with zero attached hydrogens (tertiary/aromatic N) is 6. The van der Waals surface area contributed by atoms with Gasteiger partial charge in [-0.1, -0.05) is 70.7 Å². The summed E-state index contributed by atoms with van der Waals surface area (Å²) in [6.07, 6.45) is -1.92. The topological polar surface area (TPSA) is 240 Å². The predicted molar refractivity (Wildman–Crippen MR) is 357 cm³/mol. The maximum absolute atomic E-state index is 14.0. The third kappa shape index (κ3) is 15.8. The van der Waals surface area contributed by atoms with E-state index in [1.807, 2.05) is 46.2 Å². The Morgan fingerprint density at radius 2 is 0.923 bits per heavy atom. The molecular weight excluding hydrogens is 1290 g/mol. The number of fused-ring (bicyclic) bond motifs is 2. The number of nitrogens with one attached hydrogen (secondary N) is 1. The molecule has 6 aromatic rings. The second-order valence-corrected chi connectivity index (χ2v) is 27.0. The molecule has 482 valence electrons. The molecule has 0 unspecified atom stereocenters. The highest BCUT2D eigenvalue weighted by atomic mass is 35.5. The molecule has 12 rings (SSSR count). The molecule has 2 saturated carbocycles. The van der Waals surface area contributed by atoms with E-state index in [-0.39, 0.29) is 48.2 Å². The standard InChI is InChI=1S/C36H42Cl2N4O8S.C30H29Cl2N3O4S/c37-26-14-23(18-50-25-9-5-21(6-10-25)35(48)39-15-31(44)33(46)34(47)32(45)17-43)27(38)13-22(26)16-40-20-51-19-30(40)36(49)42-12-11-41(24-7-8-24)28-3-1-2-4-29(28)42;31-24-14-21(16-39-23-9-5-19(6-10-23)30(37)38)25(32)13-20(24)15-33-18-40-17-28(33)29(36)35-12-11-34(22-7-8-22)26-3-1-2-4-27(26)35/h1-6,9-10,13-14,24,30-34,43-47H,7-8,11-12,15-20H2,(H,39,48);1-6,9-10,13-14,22,28H,7-8,11-12,15-18H2,(H,37,38)/t30-,31-,32+,33+,34+;28-/m00/s1. The minimum Gasteiger partial charge on any atom is -0.489 e. The van der Waals surface area contributed by atoms with E-state index < -0.39 is 49.4 Å². The number of rotatable bonds is 22. The monoisotopic (exact) mass is 1360 g/mol. The lowest BCUT2D eigenvalue weighted by molar-refractivity contribution is -0.123. The van der Waals surface area contributed by atoms with E-state index in [9.17, 15) is 39.6 Å². The van der Waals surface area contributed by atoms with Gasteiger partial charge in [-0.25, -0.2) is 4.79 Å². The van der Waals surface area contributed by atoms with E-state index in [1.165, 1.54) is 49.9 Å². The Labute approximate surface area is 556 Å². The number of amides is 3. The van der Waals surface area contributed by atoms with E-state index in [1.54, 1.807) is 59.9 Å². The second kappa shape index (κ2) is 29.9. The third-order valence-corrected chi connectivity index (χ3v) is 20.6. The highest BCUT2D eigenvalue weighted by Gasteiger charge is 2.42. The number of carbonyl (C=O) groups excluding carboxylic acids is 3. The summed E-state index contributed by atoms with van der Waals surface area (Å²) in [6.45, 7) is 3.15. The first kappa shape index (κ1) is 66.4. The van der Waals surface area contributed by atoms with Crippen molar-refractivity contribution in [1.29, 1.82) is 0 Å². The summed E-state index contributed by atoms with van der Waals surface area (Å²) in [5.41, 5.74) is 7.80. The molecule has 91 heavy (non-hydrogen) atoms. The first-order chi connectivity index (χ1) is 43.9. The van der Waals surface area contributed by atoms with Crippen molar-refractivity contribution < 1.29 is 59.3 Å². The van der Waals surface area contributed by atoms with E-state index in [0.29, 0.717) is 87.0 Å². The summed E-state index contributed by atoms with van der Waals surface area (Å²) in [4.78, 5) is 64.6. The number of para-hydroxylation sites is 4. The maximum atomic E-state index is 14.0. The van der Waals surface area contributed by atoms with Crippen molar-refractivity contribution >= 4 is 116 Å². The molecule has 2 aliphatic carbocycles. The number of anilines is 4. The number of carboxylic acid groups (broad SMARTS) is 1. The molecule has 2 saturated heterocycles. The Hall–Kier alpha value is -6.02. The summed E-state index contributed by atoms with van der Waals surface area (Å²) in [6, 6.07) is 36.8. The number of thioether (sulfide) groups is 2. The minimum absolute atomic E-state index is 0.102. The van der Waals surface area contributed by atoms with Gasteiger partial charge in [-0.2, -0.15) is 0 Å². The molecule has 6 aromatic carbocycles. The number of halogens is 4. The molecule has 3 amide bonds. The van der Waals surface area contributed by atoms with Crippen LogP contribution in [0, 0.1) is 0 Å². The lowest BCUT2D eigenvalue weighted by Gasteiger charge is -2.39. The zero-order valence-electron chi connectivity index (χ0n) is 49.5. The fourth-order valence-corrected chi connectivity index (χ4v) is 15.0. The number of hydrogen-bond donors (Lipinski definition) is 7. The summed E-state index contributed by atoms with van der Waals surface area (Å²) >= 11 is 30.3. The Kier molecular flexibility index (Phi) is 21.9. The molecule has 25 heteroatoms. The Morgan fingerprint density at radius 3 is 1.34 bits per heavy atom. The van der Waals surface area contributed by atoms with Crippen LogP contribution in [-0.2, 0) is 35.9 Å². The Balaban J connectivity index is 0.000000192. The van der Waals surface area contributed by atoms with Crippen LogP contribution >= 0.6 is 69.9 Å². The van der Waals surface area contributed by atoms with Crippen molar-refractivity contribution in [3.63, 3.8) is 0 Å². The maximum Gasteiger partial charge on any atom is 0.335 e. The third-order valence-electron chi connectivity index (χ3n) is 17.1. The van der Waals surface area contributed by atoms with Crippen molar-refractivity contribution in [1.82, 2.24) is 15.1 Å². The van der Waals surface area contributed by atoms with E-state index in [4.69, 9.17) is 66.1 Å². The highest BCUT2D eigenvalue weighted by Crippen LogP contribution is 2.43. The molecule has 7 N–H and O–H groups in total. The summed E-state index contributed by atoms with van der Waals surface area (Å²) in [5, 5.41) is 61.6. The Bertz CT molecular complexity index is 3600. The van der Waals surface area contributed by atoms with Crippen LogP contribution in [0.4, 0.5) is 22.7 Å². The quantitative estimate of drug-likeness (QED) is 0.0336. The molecule has 6 atom stereocenters. The van der Waals surface area contributed by atoms with Crippen LogP contribution in [0.5, 0.6) is 11.5 Å². The van der Waals surface area contributed by atoms with Gasteiger partial charge in [0, 0.05) is 118 Å². The SMILES string of the molecule is O=C(NC[C@H](O)[C@@H](O)[C@H](O)[C@H](O)CO)c1ccc(OCc2cc(Cl)c(CN3CSC[C@H]3C(=O)N3CCN(C4CC4)c4ccccc43)cc2Cl)cc1.O=C(O)c1ccc(OCc2cc(Cl)c(CN3CSC[C@H]3C(=O)N3CCN(C4CC4)c4ccccc43)cc2Cl)cc1. The molecule has 0 spiro atoms. The van der Waals surface area contributed by atoms with Crippen LogP contribution in [-0.4, -0.2) is 175 Å². The molecule has 4 fully saturated rings. The average Bonchev–Trinajstić information content (AvgIpc) is 1.78.